The number of benzene rings is 2. The predicted molar refractivity (Wildman–Crippen MR) is 101 cm³/mol. The molecule has 0 spiro atoms. The maximum Gasteiger partial charge on any atom is 0.229 e. The summed E-state index contributed by atoms with van der Waals surface area (Å²) in [6, 6.07) is 10.6. The first-order valence-corrected chi connectivity index (χ1v) is 8.82. The van der Waals surface area contributed by atoms with Crippen molar-refractivity contribution < 1.29 is 18.4 Å². The monoisotopic (exact) mass is 372 g/mol. The van der Waals surface area contributed by atoms with Crippen LogP contribution in [0.4, 0.5) is 20.2 Å². The summed E-state index contributed by atoms with van der Waals surface area (Å²) in [6.07, 6.45) is 0.0513. The molecule has 0 saturated carbocycles. The van der Waals surface area contributed by atoms with Crippen LogP contribution in [0, 0.1) is 17.6 Å². The molecule has 3 rings (SSSR count). The lowest BCUT2D eigenvalue weighted by atomic mass is 9.87. The van der Waals surface area contributed by atoms with Crippen LogP contribution in [0.25, 0.3) is 0 Å². The van der Waals surface area contributed by atoms with Crippen LogP contribution in [-0.2, 0) is 15.0 Å². The Hall–Kier alpha value is -2.76. The summed E-state index contributed by atoms with van der Waals surface area (Å²) in [5.41, 5.74) is 1.80. The molecule has 4 nitrogen and oxygen atoms in total. The van der Waals surface area contributed by atoms with Crippen molar-refractivity contribution in [3.8, 4) is 0 Å². The number of carbonyl (C=O) groups is 2. The van der Waals surface area contributed by atoms with Crippen molar-refractivity contribution in [2.45, 2.75) is 32.6 Å². The Morgan fingerprint density at radius 2 is 1.78 bits per heavy atom. The van der Waals surface area contributed by atoms with Crippen LogP contribution in [0.2, 0.25) is 0 Å². The van der Waals surface area contributed by atoms with Crippen LogP contribution < -0.4 is 10.2 Å². The van der Waals surface area contributed by atoms with E-state index in [9.17, 15) is 18.4 Å². The fourth-order valence-corrected chi connectivity index (χ4v) is 3.10. The van der Waals surface area contributed by atoms with E-state index >= 15 is 0 Å². The molecule has 2 aromatic rings. The molecule has 0 bridgehead atoms. The molecule has 27 heavy (non-hydrogen) atoms. The molecule has 1 aliphatic rings. The van der Waals surface area contributed by atoms with Gasteiger partial charge in [-0.05, 0) is 35.2 Å². The first-order chi connectivity index (χ1) is 12.6. The van der Waals surface area contributed by atoms with Gasteiger partial charge in [-0.25, -0.2) is 8.78 Å². The number of amides is 2. The van der Waals surface area contributed by atoms with Crippen molar-refractivity contribution in [2.75, 3.05) is 16.8 Å². The SMILES string of the molecule is CC(C)(C)c1ccc(N2CC(C(=O)Nc3ccc(F)cc3F)CC2=O)cc1. The van der Waals surface area contributed by atoms with Gasteiger partial charge in [0.1, 0.15) is 11.6 Å². The molecule has 1 aliphatic heterocycles. The van der Waals surface area contributed by atoms with E-state index in [1.807, 2.05) is 24.3 Å². The van der Waals surface area contributed by atoms with Gasteiger partial charge in [0.25, 0.3) is 0 Å². The van der Waals surface area contributed by atoms with E-state index in [0.717, 1.165) is 17.3 Å². The topological polar surface area (TPSA) is 49.4 Å². The largest absolute Gasteiger partial charge is 0.323 e. The molecule has 0 radical (unpaired) electrons. The quantitative estimate of drug-likeness (QED) is 0.875. The molecule has 1 N–H and O–H groups in total. The van der Waals surface area contributed by atoms with Crippen LogP contribution >= 0.6 is 0 Å². The highest BCUT2D eigenvalue weighted by Crippen LogP contribution is 2.29. The van der Waals surface area contributed by atoms with Crippen LogP contribution in [-0.4, -0.2) is 18.4 Å². The van der Waals surface area contributed by atoms with Gasteiger partial charge in [-0.3, -0.25) is 9.59 Å². The van der Waals surface area contributed by atoms with E-state index in [0.29, 0.717) is 6.07 Å². The zero-order valence-corrected chi connectivity index (χ0v) is 15.6. The molecule has 1 heterocycles. The highest BCUT2D eigenvalue weighted by Gasteiger charge is 2.35. The van der Waals surface area contributed by atoms with E-state index in [1.165, 1.54) is 6.07 Å². The summed E-state index contributed by atoms with van der Waals surface area (Å²) < 4.78 is 26.7. The maximum atomic E-state index is 13.7. The molecule has 142 valence electrons. The lowest BCUT2D eigenvalue weighted by Gasteiger charge is -2.21. The number of anilines is 2. The summed E-state index contributed by atoms with van der Waals surface area (Å²) in [5.74, 6) is -2.76. The molecule has 1 unspecified atom stereocenters. The van der Waals surface area contributed by atoms with Crippen LogP contribution in [0.15, 0.2) is 42.5 Å². The van der Waals surface area contributed by atoms with Gasteiger partial charge in [0.05, 0.1) is 11.6 Å². The fourth-order valence-electron chi connectivity index (χ4n) is 3.10. The number of nitrogens with zero attached hydrogens (tertiary/aromatic N) is 1. The molecule has 0 aliphatic carbocycles. The highest BCUT2D eigenvalue weighted by atomic mass is 19.1. The Bertz CT molecular complexity index is 873. The van der Waals surface area contributed by atoms with Gasteiger partial charge in [0.2, 0.25) is 11.8 Å². The van der Waals surface area contributed by atoms with Gasteiger partial charge >= 0.3 is 0 Å². The van der Waals surface area contributed by atoms with Crippen LogP contribution in [0.3, 0.4) is 0 Å². The van der Waals surface area contributed by atoms with Gasteiger partial charge in [-0.15, -0.1) is 0 Å². The summed E-state index contributed by atoms with van der Waals surface area (Å²) in [4.78, 5) is 26.3. The second-order valence-corrected chi connectivity index (χ2v) is 7.82. The standard InChI is InChI=1S/C21H22F2N2O2/c1-21(2,3)14-4-7-16(8-5-14)25-12-13(10-19(25)26)20(27)24-18-9-6-15(22)11-17(18)23/h4-9,11,13H,10,12H2,1-3H3,(H,24,27). The molecule has 1 saturated heterocycles. The molecule has 6 heteroatoms. The van der Waals surface area contributed by atoms with Gasteiger partial charge in [0, 0.05) is 24.7 Å². The normalized spacial score (nSPS) is 17.3. The number of hydrogen-bond donors (Lipinski definition) is 1. The van der Waals surface area contributed by atoms with Crippen molar-refractivity contribution in [1.82, 2.24) is 0 Å². The average Bonchev–Trinajstić information content (AvgIpc) is 2.98. The van der Waals surface area contributed by atoms with Gasteiger partial charge < -0.3 is 10.2 Å². The molecule has 2 amide bonds. The van der Waals surface area contributed by atoms with E-state index < -0.39 is 23.5 Å². The summed E-state index contributed by atoms with van der Waals surface area (Å²) in [6.45, 7) is 6.55. The van der Waals surface area contributed by atoms with Gasteiger partial charge in [0.15, 0.2) is 0 Å². The third kappa shape index (κ3) is 4.15. The Morgan fingerprint density at radius 1 is 1.11 bits per heavy atom. The number of nitrogens with one attached hydrogen (secondary N) is 1. The second kappa shape index (κ2) is 7.10. The predicted octanol–water partition coefficient (Wildman–Crippen LogP) is 4.25. The van der Waals surface area contributed by atoms with Gasteiger partial charge in [-0.1, -0.05) is 32.9 Å². The number of rotatable bonds is 3. The molecule has 2 aromatic carbocycles. The molecule has 0 aromatic heterocycles. The molecule has 1 fully saturated rings. The third-order valence-electron chi connectivity index (χ3n) is 4.73. The number of carbonyl (C=O) groups excluding carboxylic acids is 2. The van der Waals surface area contributed by atoms with Crippen LogP contribution in [0.1, 0.15) is 32.8 Å². The number of hydrogen-bond acceptors (Lipinski definition) is 2. The summed E-state index contributed by atoms with van der Waals surface area (Å²) in [7, 11) is 0. The first-order valence-electron chi connectivity index (χ1n) is 8.82. The Kier molecular flexibility index (Phi) is 5.00. The van der Waals surface area contributed by atoms with E-state index in [4.69, 9.17) is 0 Å². The summed E-state index contributed by atoms with van der Waals surface area (Å²) >= 11 is 0. The Morgan fingerprint density at radius 3 is 2.37 bits per heavy atom. The van der Waals surface area contributed by atoms with Crippen molar-refractivity contribution in [1.29, 1.82) is 0 Å². The second-order valence-electron chi connectivity index (χ2n) is 7.82. The van der Waals surface area contributed by atoms with Crippen molar-refractivity contribution in [3.63, 3.8) is 0 Å². The van der Waals surface area contributed by atoms with Crippen LogP contribution in [0.5, 0.6) is 0 Å². The minimum Gasteiger partial charge on any atom is -0.323 e. The Balaban J connectivity index is 1.70. The average molecular weight is 372 g/mol. The first kappa shape index (κ1) is 19.0. The minimum atomic E-state index is -0.845. The third-order valence-corrected chi connectivity index (χ3v) is 4.73. The van der Waals surface area contributed by atoms with Gasteiger partial charge in [-0.2, -0.15) is 0 Å². The smallest absolute Gasteiger partial charge is 0.229 e. The number of halogens is 2. The maximum absolute atomic E-state index is 13.7. The van der Waals surface area contributed by atoms with Crippen molar-refractivity contribution in [2.24, 2.45) is 5.92 Å². The zero-order valence-electron chi connectivity index (χ0n) is 15.6. The van der Waals surface area contributed by atoms with E-state index in [1.54, 1.807) is 4.90 Å². The van der Waals surface area contributed by atoms with Crippen molar-refractivity contribution >= 4 is 23.2 Å². The highest BCUT2D eigenvalue weighted by molar-refractivity contribution is 6.03. The summed E-state index contributed by atoms with van der Waals surface area (Å²) in [5, 5.41) is 2.44. The molecule has 1 atom stereocenters. The zero-order chi connectivity index (χ0) is 19.8. The molecular weight excluding hydrogens is 350 g/mol. The lowest BCUT2D eigenvalue weighted by Crippen LogP contribution is -2.28. The Labute approximate surface area is 157 Å². The van der Waals surface area contributed by atoms with Crippen molar-refractivity contribution in [3.05, 3.63) is 59.7 Å². The fraction of sp³-hybridized carbons (Fsp3) is 0.333. The minimum absolute atomic E-state index is 0.00913. The van der Waals surface area contributed by atoms with E-state index in [-0.39, 0.29) is 30.0 Å². The molecular formula is C21H22F2N2O2. The lowest BCUT2D eigenvalue weighted by molar-refractivity contribution is -0.122. The van der Waals surface area contributed by atoms with E-state index in [2.05, 4.69) is 26.1 Å².